The fourth-order valence-electron chi connectivity index (χ4n) is 2.74. The second kappa shape index (κ2) is 6.88. The zero-order chi connectivity index (χ0) is 14.5. The Morgan fingerprint density at radius 3 is 2.55 bits per heavy atom. The molecule has 0 saturated heterocycles. The summed E-state index contributed by atoms with van der Waals surface area (Å²) in [6, 6.07) is 0.0972. The molecule has 2 rings (SSSR count). The van der Waals surface area contributed by atoms with Crippen LogP contribution in [0.2, 0.25) is 0 Å². The first-order valence-electron chi connectivity index (χ1n) is 7.65. The number of nitrogens with zero attached hydrogens (tertiary/aromatic N) is 2. The topological polar surface area (TPSA) is 70.1 Å². The van der Waals surface area contributed by atoms with Gasteiger partial charge in [-0.3, -0.25) is 0 Å². The van der Waals surface area contributed by atoms with Gasteiger partial charge in [-0.1, -0.05) is 19.3 Å². The lowest BCUT2D eigenvalue weighted by Crippen LogP contribution is -2.33. The van der Waals surface area contributed by atoms with Gasteiger partial charge in [0.2, 0.25) is 0 Å². The number of hydrogen-bond acceptors (Lipinski definition) is 5. The smallest absolute Gasteiger partial charge is 0.135 e. The molecule has 1 fully saturated rings. The van der Waals surface area contributed by atoms with Gasteiger partial charge in [0.1, 0.15) is 17.5 Å². The van der Waals surface area contributed by atoms with Crippen molar-refractivity contribution < 1.29 is 5.11 Å². The van der Waals surface area contributed by atoms with Crippen molar-refractivity contribution in [2.75, 3.05) is 17.2 Å². The summed E-state index contributed by atoms with van der Waals surface area (Å²) in [5, 5.41) is 16.9. The highest BCUT2D eigenvalue weighted by atomic mass is 16.3. The summed E-state index contributed by atoms with van der Waals surface area (Å²) in [6.07, 6.45) is 5.08. The van der Waals surface area contributed by atoms with E-state index >= 15 is 0 Å². The van der Waals surface area contributed by atoms with Gasteiger partial charge < -0.3 is 15.7 Å². The van der Waals surface area contributed by atoms with Crippen molar-refractivity contribution in [1.29, 1.82) is 0 Å². The number of hydrogen-bond donors (Lipinski definition) is 3. The van der Waals surface area contributed by atoms with Crippen LogP contribution in [0.3, 0.4) is 0 Å². The summed E-state index contributed by atoms with van der Waals surface area (Å²) in [7, 11) is 0. The van der Waals surface area contributed by atoms with E-state index in [9.17, 15) is 5.11 Å². The minimum absolute atomic E-state index is 0.0972. The van der Waals surface area contributed by atoms with Crippen molar-refractivity contribution in [1.82, 2.24) is 9.97 Å². The van der Waals surface area contributed by atoms with Gasteiger partial charge in [-0.2, -0.15) is 0 Å². The average Bonchev–Trinajstić information content (AvgIpc) is 2.61. The van der Waals surface area contributed by atoms with Gasteiger partial charge >= 0.3 is 0 Å². The van der Waals surface area contributed by atoms with E-state index in [2.05, 4.69) is 27.5 Å². The Morgan fingerprint density at radius 1 is 1.10 bits per heavy atom. The molecule has 0 aromatic carbocycles. The standard InChI is InChI=1S/C15H26N4O/c1-4-16-14-10(2)15(18-11(3)17-14)19-12-8-6-5-7-9-13(12)20/h12-13,20H,4-9H2,1-3H3,(H2,16,17,18,19). The Kier molecular flexibility index (Phi) is 5.17. The van der Waals surface area contributed by atoms with Gasteiger partial charge in [0.25, 0.3) is 0 Å². The maximum Gasteiger partial charge on any atom is 0.135 e. The quantitative estimate of drug-likeness (QED) is 0.739. The minimum Gasteiger partial charge on any atom is -0.391 e. The highest BCUT2D eigenvalue weighted by Crippen LogP contribution is 2.25. The predicted octanol–water partition coefficient (Wildman–Crippen LogP) is 2.63. The molecule has 5 heteroatoms. The zero-order valence-corrected chi connectivity index (χ0v) is 12.7. The number of aliphatic hydroxyl groups excluding tert-OH is 1. The van der Waals surface area contributed by atoms with Crippen molar-refractivity contribution in [2.24, 2.45) is 0 Å². The van der Waals surface area contributed by atoms with Crippen LogP contribution >= 0.6 is 0 Å². The van der Waals surface area contributed by atoms with Crippen molar-refractivity contribution in [2.45, 2.75) is 65.0 Å². The first kappa shape index (κ1) is 15.0. The van der Waals surface area contributed by atoms with Crippen LogP contribution in [0, 0.1) is 13.8 Å². The molecular weight excluding hydrogens is 252 g/mol. The molecule has 0 bridgehead atoms. The molecule has 2 atom stereocenters. The molecule has 3 N–H and O–H groups in total. The third-order valence-corrected chi connectivity index (χ3v) is 3.90. The summed E-state index contributed by atoms with van der Waals surface area (Å²) in [6.45, 7) is 6.81. The van der Waals surface area contributed by atoms with Gasteiger partial charge in [-0.05, 0) is 33.6 Å². The molecule has 1 aromatic heterocycles. The molecule has 0 spiro atoms. The van der Waals surface area contributed by atoms with E-state index in [1.54, 1.807) is 0 Å². The Labute approximate surface area is 121 Å². The third-order valence-electron chi connectivity index (χ3n) is 3.90. The summed E-state index contributed by atoms with van der Waals surface area (Å²) >= 11 is 0. The molecule has 0 radical (unpaired) electrons. The molecule has 0 aliphatic heterocycles. The molecule has 1 heterocycles. The van der Waals surface area contributed by atoms with Crippen molar-refractivity contribution in [3.63, 3.8) is 0 Å². The number of anilines is 2. The van der Waals surface area contributed by atoms with Crippen molar-refractivity contribution in [3.05, 3.63) is 11.4 Å². The molecule has 1 saturated carbocycles. The van der Waals surface area contributed by atoms with Crippen molar-refractivity contribution in [3.8, 4) is 0 Å². The average molecular weight is 278 g/mol. The minimum atomic E-state index is -0.283. The van der Waals surface area contributed by atoms with Crippen LogP contribution in [0.25, 0.3) is 0 Å². The van der Waals surface area contributed by atoms with E-state index < -0.39 is 0 Å². The Balaban J connectivity index is 2.19. The largest absolute Gasteiger partial charge is 0.391 e. The highest BCUT2D eigenvalue weighted by Gasteiger charge is 2.23. The molecule has 2 unspecified atom stereocenters. The SMILES string of the molecule is CCNc1nc(C)nc(NC2CCCCCC2O)c1C. The maximum atomic E-state index is 10.2. The van der Waals surface area contributed by atoms with E-state index in [-0.39, 0.29) is 12.1 Å². The normalized spacial score (nSPS) is 23.2. The fourth-order valence-corrected chi connectivity index (χ4v) is 2.74. The van der Waals surface area contributed by atoms with Crippen LogP contribution in [-0.4, -0.2) is 33.8 Å². The number of aliphatic hydroxyl groups is 1. The van der Waals surface area contributed by atoms with Gasteiger partial charge in [-0.25, -0.2) is 9.97 Å². The van der Waals surface area contributed by atoms with E-state index in [1.165, 1.54) is 6.42 Å². The van der Waals surface area contributed by atoms with Crippen molar-refractivity contribution >= 4 is 11.6 Å². The van der Waals surface area contributed by atoms with Crippen LogP contribution in [0.15, 0.2) is 0 Å². The van der Waals surface area contributed by atoms with Crippen LogP contribution < -0.4 is 10.6 Å². The first-order valence-corrected chi connectivity index (χ1v) is 7.65. The molecule has 5 nitrogen and oxygen atoms in total. The second-order valence-electron chi connectivity index (χ2n) is 5.58. The summed E-state index contributed by atoms with van der Waals surface area (Å²) < 4.78 is 0. The molecule has 1 aliphatic rings. The summed E-state index contributed by atoms with van der Waals surface area (Å²) in [4.78, 5) is 8.93. The zero-order valence-electron chi connectivity index (χ0n) is 12.7. The molecule has 1 aromatic rings. The lowest BCUT2D eigenvalue weighted by atomic mass is 10.1. The van der Waals surface area contributed by atoms with E-state index in [1.807, 2.05) is 13.8 Å². The fraction of sp³-hybridized carbons (Fsp3) is 0.733. The third kappa shape index (κ3) is 3.60. The Bertz CT molecular complexity index is 450. The monoisotopic (exact) mass is 278 g/mol. The predicted molar refractivity (Wildman–Crippen MR) is 82.2 cm³/mol. The molecular formula is C15H26N4O. The lowest BCUT2D eigenvalue weighted by Gasteiger charge is -2.24. The van der Waals surface area contributed by atoms with Gasteiger partial charge in [-0.15, -0.1) is 0 Å². The van der Waals surface area contributed by atoms with Gasteiger partial charge in [0.15, 0.2) is 0 Å². The summed E-state index contributed by atoms with van der Waals surface area (Å²) in [5.41, 5.74) is 1.02. The van der Waals surface area contributed by atoms with Gasteiger partial charge in [0, 0.05) is 12.1 Å². The van der Waals surface area contributed by atoms with E-state index in [0.717, 1.165) is 55.3 Å². The number of aryl methyl sites for hydroxylation is 1. The highest BCUT2D eigenvalue weighted by molar-refractivity contribution is 5.57. The Hall–Kier alpha value is -1.36. The first-order chi connectivity index (χ1) is 9.61. The molecule has 20 heavy (non-hydrogen) atoms. The molecule has 0 amide bonds. The summed E-state index contributed by atoms with van der Waals surface area (Å²) in [5.74, 6) is 2.47. The number of aromatic nitrogens is 2. The lowest BCUT2D eigenvalue weighted by molar-refractivity contribution is 0.144. The number of nitrogens with one attached hydrogen (secondary N) is 2. The van der Waals surface area contributed by atoms with Crippen LogP contribution in [-0.2, 0) is 0 Å². The van der Waals surface area contributed by atoms with Crippen LogP contribution in [0.5, 0.6) is 0 Å². The number of rotatable bonds is 4. The maximum absolute atomic E-state index is 10.2. The van der Waals surface area contributed by atoms with E-state index in [0.29, 0.717) is 0 Å². The van der Waals surface area contributed by atoms with Crippen LogP contribution in [0.4, 0.5) is 11.6 Å². The molecule has 112 valence electrons. The second-order valence-corrected chi connectivity index (χ2v) is 5.58. The van der Waals surface area contributed by atoms with Gasteiger partial charge in [0.05, 0.1) is 12.1 Å². The Morgan fingerprint density at radius 2 is 1.80 bits per heavy atom. The van der Waals surface area contributed by atoms with E-state index in [4.69, 9.17) is 0 Å². The molecule has 1 aliphatic carbocycles. The van der Waals surface area contributed by atoms with Crippen LogP contribution in [0.1, 0.15) is 50.4 Å².